The molecule has 0 saturated carbocycles. The summed E-state index contributed by atoms with van der Waals surface area (Å²) in [6.07, 6.45) is 0. The Morgan fingerprint density at radius 1 is 1.16 bits per heavy atom. The molecule has 2 rings (SSSR count). The van der Waals surface area contributed by atoms with Gasteiger partial charge in [-0.25, -0.2) is 0 Å². The van der Waals surface area contributed by atoms with Crippen LogP contribution in [-0.4, -0.2) is 5.84 Å². The van der Waals surface area contributed by atoms with E-state index in [4.69, 9.17) is 15.9 Å². The standard InChI is InChI=1S/C15H15BrN2O/c1-9-6-7-12(10(2)8-9)19-13-5-3-4-11(16)14(13)15(17)18/h3-8H,1-2H3,(H3,17,18). The number of hydrogen-bond donors (Lipinski definition) is 2. The normalized spacial score (nSPS) is 10.3. The van der Waals surface area contributed by atoms with Crippen molar-refractivity contribution in [2.45, 2.75) is 13.8 Å². The van der Waals surface area contributed by atoms with Gasteiger partial charge in [0.15, 0.2) is 0 Å². The lowest BCUT2D eigenvalue weighted by atomic mass is 10.1. The number of nitrogen functional groups attached to an aromatic ring is 1. The smallest absolute Gasteiger partial charge is 0.139 e. The molecular formula is C15H15BrN2O. The maximum atomic E-state index is 7.64. The van der Waals surface area contributed by atoms with Crippen molar-refractivity contribution in [2.24, 2.45) is 5.73 Å². The number of hydrogen-bond acceptors (Lipinski definition) is 2. The largest absolute Gasteiger partial charge is 0.456 e. The highest BCUT2D eigenvalue weighted by Gasteiger charge is 2.12. The van der Waals surface area contributed by atoms with Crippen molar-refractivity contribution in [3.05, 3.63) is 57.6 Å². The maximum Gasteiger partial charge on any atom is 0.139 e. The summed E-state index contributed by atoms with van der Waals surface area (Å²) < 4.78 is 6.64. The lowest BCUT2D eigenvalue weighted by molar-refractivity contribution is 0.477. The molecule has 0 unspecified atom stereocenters. The van der Waals surface area contributed by atoms with Crippen LogP contribution in [0.25, 0.3) is 0 Å². The predicted octanol–water partition coefficient (Wildman–Crippen LogP) is 4.14. The third kappa shape index (κ3) is 2.96. The molecule has 0 fully saturated rings. The molecule has 2 aromatic rings. The van der Waals surface area contributed by atoms with Gasteiger partial charge in [-0.15, -0.1) is 0 Å². The molecule has 0 aliphatic heterocycles. The van der Waals surface area contributed by atoms with E-state index in [-0.39, 0.29) is 5.84 Å². The Hall–Kier alpha value is -1.81. The molecule has 0 spiro atoms. The third-order valence-corrected chi connectivity index (χ3v) is 3.46. The number of halogens is 1. The number of ether oxygens (including phenoxy) is 1. The second kappa shape index (κ2) is 5.45. The summed E-state index contributed by atoms with van der Waals surface area (Å²) in [7, 11) is 0. The van der Waals surface area contributed by atoms with Crippen molar-refractivity contribution in [1.29, 1.82) is 5.41 Å². The zero-order chi connectivity index (χ0) is 14.0. The molecule has 4 heteroatoms. The summed E-state index contributed by atoms with van der Waals surface area (Å²) in [4.78, 5) is 0. The number of benzene rings is 2. The van der Waals surface area contributed by atoms with Crippen LogP contribution in [0.15, 0.2) is 40.9 Å². The Morgan fingerprint density at radius 3 is 2.53 bits per heavy atom. The van der Waals surface area contributed by atoms with Gasteiger partial charge in [0.2, 0.25) is 0 Å². The lowest BCUT2D eigenvalue weighted by Gasteiger charge is -2.13. The summed E-state index contributed by atoms with van der Waals surface area (Å²) in [5.41, 5.74) is 8.41. The van der Waals surface area contributed by atoms with Gasteiger partial charge in [-0.3, -0.25) is 5.41 Å². The van der Waals surface area contributed by atoms with Gasteiger partial charge in [-0.05, 0) is 53.5 Å². The molecule has 3 nitrogen and oxygen atoms in total. The van der Waals surface area contributed by atoms with Crippen LogP contribution in [0.3, 0.4) is 0 Å². The van der Waals surface area contributed by atoms with Gasteiger partial charge >= 0.3 is 0 Å². The first-order chi connectivity index (χ1) is 8.99. The zero-order valence-electron chi connectivity index (χ0n) is 10.8. The number of rotatable bonds is 3. The average molecular weight is 319 g/mol. The van der Waals surface area contributed by atoms with Gasteiger partial charge in [0, 0.05) is 4.47 Å². The second-order valence-corrected chi connectivity index (χ2v) is 5.25. The van der Waals surface area contributed by atoms with E-state index in [1.807, 2.05) is 38.1 Å². The van der Waals surface area contributed by atoms with Crippen molar-refractivity contribution in [1.82, 2.24) is 0 Å². The molecule has 0 atom stereocenters. The highest BCUT2D eigenvalue weighted by atomic mass is 79.9. The van der Waals surface area contributed by atoms with E-state index in [0.717, 1.165) is 15.8 Å². The fourth-order valence-electron chi connectivity index (χ4n) is 1.88. The van der Waals surface area contributed by atoms with Crippen LogP contribution in [0.2, 0.25) is 0 Å². The second-order valence-electron chi connectivity index (χ2n) is 4.40. The van der Waals surface area contributed by atoms with Crippen LogP contribution in [0.1, 0.15) is 16.7 Å². The van der Waals surface area contributed by atoms with Crippen molar-refractivity contribution >= 4 is 21.8 Å². The molecule has 0 aromatic heterocycles. The van der Waals surface area contributed by atoms with Crippen molar-refractivity contribution in [3.8, 4) is 11.5 Å². The SMILES string of the molecule is Cc1ccc(Oc2cccc(Br)c2C(=N)N)c(C)c1. The molecule has 0 heterocycles. The molecule has 2 aromatic carbocycles. The molecule has 0 amide bonds. The number of aryl methyl sites for hydroxylation is 2. The monoisotopic (exact) mass is 318 g/mol. The van der Waals surface area contributed by atoms with Crippen LogP contribution in [0.5, 0.6) is 11.5 Å². The van der Waals surface area contributed by atoms with Crippen molar-refractivity contribution < 1.29 is 4.74 Å². The molecule has 19 heavy (non-hydrogen) atoms. The Balaban J connectivity index is 2.44. The predicted molar refractivity (Wildman–Crippen MR) is 81.1 cm³/mol. The molecule has 0 radical (unpaired) electrons. The van der Waals surface area contributed by atoms with Gasteiger partial charge in [0.25, 0.3) is 0 Å². The zero-order valence-corrected chi connectivity index (χ0v) is 12.4. The average Bonchev–Trinajstić information content (AvgIpc) is 2.32. The van der Waals surface area contributed by atoms with Crippen LogP contribution >= 0.6 is 15.9 Å². The molecule has 0 aliphatic carbocycles. The first-order valence-electron chi connectivity index (χ1n) is 5.87. The first kappa shape index (κ1) is 13.6. The molecule has 0 aliphatic rings. The number of amidine groups is 1. The molecule has 98 valence electrons. The summed E-state index contributed by atoms with van der Waals surface area (Å²) in [6.45, 7) is 4.03. The minimum atomic E-state index is -0.0211. The van der Waals surface area contributed by atoms with E-state index in [9.17, 15) is 0 Å². The topological polar surface area (TPSA) is 59.1 Å². The summed E-state index contributed by atoms with van der Waals surface area (Å²) in [5.74, 6) is 1.33. The lowest BCUT2D eigenvalue weighted by Crippen LogP contribution is -2.13. The van der Waals surface area contributed by atoms with E-state index < -0.39 is 0 Å². The van der Waals surface area contributed by atoms with Gasteiger partial charge in [-0.1, -0.05) is 23.8 Å². The Bertz CT molecular complexity index is 638. The van der Waals surface area contributed by atoms with Gasteiger partial charge in [0.05, 0.1) is 5.56 Å². The summed E-state index contributed by atoms with van der Waals surface area (Å²) in [5, 5.41) is 7.64. The Kier molecular flexibility index (Phi) is 3.90. The molecule has 0 bridgehead atoms. The van der Waals surface area contributed by atoms with E-state index in [1.54, 1.807) is 6.07 Å². The number of nitrogens with two attached hydrogens (primary N) is 1. The van der Waals surface area contributed by atoms with Crippen molar-refractivity contribution in [2.75, 3.05) is 0 Å². The molecule has 0 saturated heterocycles. The van der Waals surface area contributed by atoms with Gasteiger partial charge in [-0.2, -0.15) is 0 Å². The van der Waals surface area contributed by atoms with Crippen LogP contribution in [-0.2, 0) is 0 Å². The Morgan fingerprint density at radius 2 is 1.89 bits per heavy atom. The minimum absolute atomic E-state index is 0.0211. The quantitative estimate of drug-likeness (QED) is 0.660. The van der Waals surface area contributed by atoms with Crippen LogP contribution in [0.4, 0.5) is 0 Å². The summed E-state index contributed by atoms with van der Waals surface area (Å²) in [6, 6.07) is 11.5. The number of nitrogens with one attached hydrogen (secondary N) is 1. The molecule has 3 N–H and O–H groups in total. The van der Waals surface area contributed by atoms with E-state index >= 15 is 0 Å². The summed E-state index contributed by atoms with van der Waals surface area (Å²) >= 11 is 3.39. The highest BCUT2D eigenvalue weighted by Crippen LogP contribution is 2.32. The fraction of sp³-hybridized carbons (Fsp3) is 0.133. The third-order valence-electron chi connectivity index (χ3n) is 2.80. The van der Waals surface area contributed by atoms with Gasteiger partial charge in [0.1, 0.15) is 17.3 Å². The van der Waals surface area contributed by atoms with Crippen LogP contribution in [0, 0.1) is 19.3 Å². The minimum Gasteiger partial charge on any atom is -0.456 e. The highest BCUT2D eigenvalue weighted by molar-refractivity contribution is 9.10. The van der Waals surface area contributed by atoms with E-state index in [0.29, 0.717) is 11.3 Å². The van der Waals surface area contributed by atoms with Crippen LogP contribution < -0.4 is 10.5 Å². The van der Waals surface area contributed by atoms with Gasteiger partial charge < -0.3 is 10.5 Å². The van der Waals surface area contributed by atoms with E-state index in [1.165, 1.54) is 5.56 Å². The van der Waals surface area contributed by atoms with E-state index in [2.05, 4.69) is 22.0 Å². The Labute approximate surface area is 121 Å². The maximum absolute atomic E-state index is 7.64. The first-order valence-corrected chi connectivity index (χ1v) is 6.66. The van der Waals surface area contributed by atoms with Crippen molar-refractivity contribution in [3.63, 3.8) is 0 Å². The fourth-order valence-corrected chi connectivity index (χ4v) is 2.44. The molecular weight excluding hydrogens is 304 g/mol.